The van der Waals surface area contributed by atoms with E-state index in [-0.39, 0.29) is 23.5 Å². The monoisotopic (exact) mass is 288 g/mol. The topological polar surface area (TPSA) is 83.6 Å². The highest BCUT2D eigenvalue weighted by molar-refractivity contribution is 6.05. The molecule has 0 aromatic heterocycles. The summed E-state index contributed by atoms with van der Waals surface area (Å²) in [6.45, 7) is 0. The number of carbonyl (C=O) groups is 4. The SMILES string of the molecule is CN(C(=O)c1ccccc1C=O)[C@H]1CCCC(=O)NC1=O. The van der Waals surface area contributed by atoms with Crippen LogP contribution in [0.25, 0.3) is 0 Å². The van der Waals surface area contributed by atoms with Gasteiger partial charge in [-0.2, -0.15) is 0 Å². The average molecular weight is 288 g/mol. The van der Waals surface area contributed by atoms with E-state index in [1.807, 2.05) is 0 Å². The molecular formula is C15H16N2O4. The number of benzene rings is 1. The van der Waals surface area contributed by atoms with Crippen molar-refractivity contribution in [2.24, 2.45) is 0 Å². The fourth-order valence-corrected chi connectivity index (χ4v) is 2.37. The summed E-state index contributed by atoms with van der Waals surface area (Å²) in [5.74, 6) is -1.21. The first kappa shape index (κ1) is 14.9. The summed E-state index contributed by atoms with van der Waals surface area (Å²) in [7, 11) is 1.50. The Morgan fingerprint density at radius 3 is 2.76 bits per heavy atom. The molecule has 1 saturated heterocycles. The van der Waals surface area contributed by atoms with Crippen LogP contribution in [0, 0.1) is 0 Å². The zero-order valence-electron chi connectivity index (χ0n) is 11.7. The number of carbonyl (C=O) groups excluding carboxylic acids is 4. The highest BCUT2D eigenvalue weighted by Crippen LogP contribution is 2.16. The minimum absolute atomic E-state index is 0.248. The lowest BCUT2D eigenvalue weighted by Crippen LogP contribution is -2.47. The second kappa shape index (κ2) is 6.30. The molecule has 0 unspecified atom stereocenters. The largest absolute Gasteiger partial charge is 0.330 e. The molecule has 0 bridgehead atoms. The smallest absolute Gasteiger partial charge is 0.255 e. The molecule has 2 rings (SSSR count). The van der Waals surface area contributed by atoms with Crippen LogP contribution in [0.1, 0.15) is 40.0 Å². The van der Waals surface area contributed by atoms with Crippen molar-refractivity contribution in [1.29, 1.82) is 0 Å². The summed E-state index contributed by atoms with van der Waals surface area (Å²) in [6, 6.07) is 5.71. The molecule has 21 heavy (non-hydrogen) atoms. The number of likely N-dealkylation sites (N-methyl/N-ethyl adjacent to an activating group) is 1. The molecule has 0 radical (unpaired) electrons. The molecule has 0 spiro atoms. The minimum Gasteiger partial charge on any atom is -0.330 e. The van der Waals surface area contributed by atoms with Crippen LogP contribution in [0.5, 0.6) is 0 Å². The third kappa shape index (κ3) is 3.16. The van der Waals surface area contributed by atoms with Gasteiger partial charge in [0.15, 0.2) is 6.29 Å². The zero-order valence-corrected chi connectivity index (χ0v) is 11.7. The van der Waals surface area contributed by atoms with Crippen LogP contribution in [0.15, 0.2) is 24.3 Å². The highest BCUT2D eigenvalue weighted by atomic mass is 16.2. The van der Waals surface area contributed by atoms with Crippen LogP contribution >= 0.6 is 0 Å². The summed E-state index contributed by atoms with van der Waals surface area (Å²) in [5, 5.41) is 2.27. The van der Waals surface area contributed by atoms with E-state index in [0.29, 0.717) is 19.1 Å². The number of imide groups is 1. The zero-order chi connectivity index (χ0) is 15.4. The van der Waals surface area contributed by atoms with Crippen LogP contribution < -0.4 is 5.32 Å². The Balaban J connectivity index is 2.24. The molecule has 1 atom stereocenters. The fourth-order valence-electron chi connectivity index (χ4n) is 2.37. The van der Waals surface area contributed by atoms with E-state index in [2.05, 4.69) is 5.32 Å². The molecule has 1 aromatic carbocycles. The van der Waals surface area contributed by atoms with Gasteiger partial charge in [-0.15, -0.1) is 0 Å². The van der Waals surface area contributed by atoms with E-state index in [1.54, 1.807) is 24.3 Å². The third-order valence-corrected chi connectivity index (χ3v) is 3.55. The number of amides is 3. The molecule has 1 aromatic rings. The Bertz CT molecular complexity index is 597. The van der Waals surface area contributed by atoms with Gasteiger partial charge in [0.2, 0.25) is 11.8 Å². The maximum atomic E-state index is 12.5. The first-order valence-electron chi connectivity index (χ1n) is 6.69. The van der Waals surface area contributed by atoms with Gasteiger partial charge in [0.05, 0.1) is 5.56 Å². The number of hydrogen-bond acceptors (Lipinski definition) is 4. The molecule has 0 saturated carbocycles. The lowest BCUT2D eigenvalue weighted by molar-refractivity contribution is -0.131. The van der Waals surface area contributed by atoms with Gasteiger partial charge in [0.1, 0.15) is 6.04 Å². The molecule has 1 N–H and O–H groups in total. The summed E-state index contributed by atoms with van der Waals surface area (Å²) < 4.78 is 0. The van der Waals surface area contributed by atoms with Crippen molar-refractivity contribution in [1.82, 2.24) is 10.2 Å². The Labute approximate surface area is 122 Å². The molecular weight excluding hydrogens is 272 g/mol. The molecule has 110 valence electrons. The molecule has 0 aliphatic carbocycles. The van der Waals surface area contributed by atoms with Gasteiger partial charge < -0.3 is 4.90 Å². The molecule has 1 fully saturated rings. The van der Waals surface area contributed by atoms with Crippen molar-refractivity contribution in [2.75, 3.05) is 7.05 Å². The number of rotatable bonds is 3. The van der Waals surface area contributed by atoms with Crippen molar-refractivity contribution >= 4 is 24.0 Å². The van der Waals surface area contributed by atoms with Crippen molar-refractivity contribution in [3.05, 3.63) is 35.4 Å². The minimum atomic E-state index is -0.705. The molecule has 3 amide bonds. The van der Waals surface area contributed by atoms with Crippen LogP contribution in [-0.2, 0) is 9.59 Å². The first-order valence-corrected chi connectivity index (χ1v) is 6.69. The predicted octanol–water partition coefficient (Wildman–Crippen LogP) is 0.766. The van der Waals surface area contributed by atoms with E-state index in [1.165, 1.54) is 11.9 Å². The van der Waals surface area contributed by atoms with Crippen molar-refractivity contribution in [3.8, 4) is 0 Å². The van der Waals surface area contributed by atoms with Gasteiger partial charge >= 0.3 is 0 Å². The van der Waals surface area contributed by atoms with Gasteiger partial charge in [-0.05, 0) is 18.9 Å². The Morgan fingerprint density at radius 2 is 2.05 bits per heavy atom. The van der Waals surface area contributed by atoms with E-state index in [4.69, 9.17) is 0 Å². The number of hydrogen-bond donors (Lipinski definition) is 1. The lowest BCUT2D eigenvalue weighted by atomic mass is 10.0. The predicted molar refractivity (Wildman–Crippen MR) is 74.7 cm³/mol. The second-order valence-electron chi connectivity index (χ2n) is 4.94. The first-order chi connectivity index (χ1) is 10.0. The number of aldehydes is 1. The molecule has 1 heterocycles. The lowest BCUT2D eigenvalue weighted by Gasteiger charge is -2.26. The fraction of sp³-hybridized carbons (Fsp3) is 0.333. The van der Waals surface area contributed by atoms with Crippen LogP contribution in [-0.4, -0.2) is 42.0 Å². The normalized spacial score (nSPS) is 18.6. The van der Waals surface area contributed by atoms with Crippen molar-refractivity contribution in [2.45, 2.75) is 25.3 Å². The maximum absolute atomic E-state index is 12.5. The number of nitrogens with one attached hydrogen (secondary N) is 1. The van der Waals surface area contributed by atoms with Gasteiger partial charge in [-0.3, -0.25) is 24.5 Å². The standard InChI is InChI=1S/C15H16N2O4/c1-17(12-7-4-8-13(19)16-14(12)20)15(21)11-6-3-2-5-10(11)9-18/h2-3,5-6,9,12H,4,7-8H2,1H3,(H,16,19,20)/t12-/m0/s1. The quantitative estimate of drug-likeness (QED) is 0.657. The van der Waals surface area contributed by atoms with E-state index < -0.39 is 17.9 Å². The van der Waals surface area contributed by atoms with Gasteiger partial charge in [-0.25, -0.2) is 0 Å². The van der Waals surface area contributed by atoms with Crippen LogP contribution in [0.2, 0.25) is 0 Å². The van der Waals surface area contributed by atoms with Gasteiger partial charge in [-0.1, -0.05) is 18.2 Å². The summed E-state index contributed by atoms with van der Waals surface area (Å²) in [4.78, 5) is 48.0. The van der Waals surface area contributed by atoms with E-state index in [0.717, 1.165) is 0 Å². The Kier molecular flexibility index (Phi) is 4.47. The second-order valence-corrected chi connectivity index (χ2v) is 4.94. The molecule has 6 heteroatoms. The van der Waals surface area contributed by atoms with E-state index >= 15 is 0 Å². The van der Waals surface area contributed by atoms with Gasteiger partial charge in [0, 0.05) is 19.0 Å². The van der Waals surface area contributed by atoms with Crippen LogP contribution in [0.4, 0.5) is 0 Å². The van der Waals surface area contributed by atoms with Crippen molar-refractivity contribution < 1.29 is 19.2 Å². The summed E-state index contributed by atoms with van der Waals surface area (Å²) >= 11 is 0. The third-order valence-electron chi connectivity index (χ3n) is 3.55. The molecule has 1 aliphatic heterocycles. The molecule has 1 aliphatic rings. The Morgan fingerprint density at radius 1 is 1.33 bits per heavy atom. The Hall–Kier alpha value is -2.50. The van der Waals surface area contributed by atoms with Crippen molar-refractivity contribution in [3.63, 3.8) is 0 Å². The highest BCUT2D eigenvalue weighted by Gasteiger charge is 2.31. The maximum Gasteiger partial charge on any atom is 0.255 e. The van der Waals surface area contributed by atoms with Gasteiger partial charge in [0.25, 0.3) is 5.91 Å². The molecule has 6 nitrogen and oxygen atoms in total. The average Bonchev–Trinajstić information content (AvgIpc) is 2.66. The summed E-state index contributed by atoms with van der Waals surface area (Å²) in [5.41, 5.74) is 0.526. The van der Waals surface area contributed by atoms with Crippen LogP contribution in [0.3, 0.4) is 0 Å². The summed E-state index contributed by atoms with van der Waals surface area (Å²) in [6.07, 6.45) is 1.84. The number of nitrogens with zero attached hydrogens (tertiary/aromatic N) is 1. The van der Waals surface area contributed by atoms with E-state index in [9.17, 15) is 19.2 Å².